The van der Waals surface area contributed by atoms with E-state index in [2.05, 4.69) is 15.9 Å². The van der Waals surface area contributed by atoms with Crippen LogP contribution in [0.1, 0.15) is 12.0 Å². The zero-order chi connectivity index (χ0) is 22.3. The van der Waals surface area contributed by atoms with Crippen LogP contribution in [0.4, 0.5) is 19.3 Å². The normalized spacial score (nSPS) is 15.1. The highest BCUT2D eigenvalue weighted by Gasteiger charge is 2.26. The number of fused-ring (bicyclic) bond motifs is 1. The van der Waals surface area contributed by atoms with Gasteiger partial charge in [0.2, 0.25) is 0 Å². The molecule has 3 aromatic rings. The molecule has 0 saturated carbocycles. The summed E-state index contributed by atoms with van der Waals surface area (Å²) in [5.41, 5.74) is 0.422. The van der Waals surface area contributed by atoms with Gasteiger partial charge in [0.25, 0.3) is 16.4 Å². The molecule has 4 rings (SSSR count). The summed E-state index contributed by atoms with van der Waals surface area (Å²) in [6, 6.07) is 10.7. The lowest BCUT2D eigenvalue weighted by Crippen LogP contribution is -2.48. The van der Waals surface area contributed by atoms with Crippen molar-refractivity contribution in [2.75, 3.05) is 31.1 Å². The third-order valence-electron chi connectivity index (χ3n) is 5.31. The van der Waals surface area contributed by atoms with Crippen molar-refractivity contribution in [2.24, 2.45) is 0 Å². The van der Waals surface area contributed by atoms with Crippen molar-refractivity contribution in [3.05, 3.63) is 58.7 Å². The minimum absolute atomic E-state index is 0.0118. The molecule has 1 saturated heterocycles. The number of aromatic nitrogens is 1. The molecule has 1 aliphatic heterocycles. The number of rotatable bonds is 4. The Labute approximate surface area is 185 Å². The van der Waals surface area contributed by atoms with E-state index in [1.54, 1.807) is 24.3 Å². The molecule has 7 nitrogen and oxygen atoms in total. The van der Waals surface area contributed by atoms with Crippen LogP contribution in [-0.2, 0) is 10.0 Å². The first-order chi connectivity index (χ1) is 14.7. The van der Waals surface area contributed by atoms with Crippen LogP contribution >= 0.6 is 15.9 Å². The van der Waals surface area contributed by atoms with Crippen LogP contribution in [0.5, 0.6) is 0 Å². The zero-order valence-electron chi connectivity index (χ0n) is 16.1. The van der Waals surface area contributed by atoms with Gasteiger partial charge in [-0.2, -0.15) is 0 Å². The molecule has 1 N–H and O–H groups in total. The maximum Gasteiger partial charge on any atom is 0.407 e. The van der Waals surface area contributed by atoms with E-state index in [1.165, 1.54) is 23.1 Å². The Kier molecular flexibility index (Phi) is 5.65. The first kappa shape index (κ1) is 21.6. The van der Waals surface area contributed by atoms with Crippen molar-refractivity contribution in [3.63, 3.8) is 0 Å². The number of carbonyl (C=O) groups is 1. The molecule has 1 fully saturated rings. The lowest BCUT2D eigenvalue weighted by atomic mass is 10.1. The molecule has 1 amide bonds. The van der Waals surface area contributed by atoms with E-state index >= 15 is 0 Å². The molecular weight excluding hydrogens is 496 g/mol. The van der Waals surface area contributed by atoms with Gasteiger partial charge in [-0.25, -0.2) is 26.0 Å². The van der Waals surface area contributed by atoms with Crippen molar-refractivity contribution in [1.29, 1.82) is 0 Å². The second-order valence-electron chi connectivity index (χ2n) is 7.10. The Bertz CT molecular complexity index is 1240. The molecule has 0 atom stereocenters. The molecule has 0 aliphatic carbocycles. The summed E-state index contributed by atoms with van der Waals surface area (Å²) in [5, 5.41) is 9.23. The average Bonchev–Trinajstić information content (AvgIpc) is 3.14. The lowest BCUT2D eigenvalue weighted by Gasteiger charge is -2.34. The maximum absolute atomic E-state index is 13.8. The number of halogens is 3. The third-order valence-corrected chi connectivity index (χ3v) is 7.52. The van der Waals surface area contributed by atoms with Gasteiger partial charge in [0.1, 0.15) is 0 Å². The van der Waals surface area contributed by atoms with Crippen molar-refractivity contribution in [1.82, 2.24) is 8.87 Å². The fourth-order valence-electron chi connectivity index (χ4n) is 3.66. The summed E-state index contributed by atoms with van der Waals surface area (Å²) in [6.45, 7) is 1.43. The van der Waals surface area contributed by atoms with E-state index in [0.29, 0.717) is 36.3 Å². The van der Waals surface area contributed by atoms with Crippen LogP contribution in [0.25, 0.3) is 10.9 Å². The van der Waals surface area contributed by atoms with E-state index in [0.717, 1.165) is 10.2 Å². The Morgan fingerprint density at radius 1 is 1.03 bits per heavy atom. The molecule has 0 unspecified atom stereocenters. The highest BCUT2D eigenvalue weighted by atomic mass is 79.9. The maximum atomic E-state index is 13.8. The monoisotopic (exact) mass is 513 g/mol. The van der Waals surface area contributed by atoms with Gasteiger partial charge in [-0.05, 0) is 42.5 Å². The average molecular weight is 514 g/mol. The summed E-state index contributed by atoms with van der Waals surface area (Å²) in [7, 11) is -4.07. The number of alkyl halides is 2. The molecule has 2 heterocycles. The number of carboxylic acid groups (broad SMARTS) is 1. The van der Waals surface area contributed by atoms with Gasteiger partial charge in [0.15, 0.2) is 0 Å². The fourth-order valence-corrected chi connectivity index (χ4v) is 5.30. The summed E-state index contributed by atoms with van der Waals surface area (Å²) in [5.74, 6) is 0. The topological polar surface area (TPSA) is 82.8 Å². The molecule has 0 bridgehead atoms. The number of hydrogen-bond donors (Lipinski definition) is 1. The number of hydrogen-bond acceptors (Lipinski definition) is 4. The molecule has 0 spiro atoms. The van der Waals surface area contributed by atoms with Gasteiger partial charge in [-0.3, -0.25) is 0 Å². The van der Waals surface area contributed by atoms with Crippen molar-refractivity contribution < 1.29 is 27.1 Å². The largest absolute Gasteiger partial charge is 0.465 e. The minimum Gasteiger partial charge on any atom is -0.465 e. The number of anilines is 1. The van der Waals surface area contributed by atoms with Crippen LogP contribution in [0.3, 0.4) is 0 Å². The second kappa shape index (κ2) is 8.12. The van der Waals surface area contributed by atoms with Gasteiger partial charge in [-0.15, -0.1) is 0 Å². The summed E-state index contributed by atoms with van der Waals surface area (Å²) in [4.78, 5) is 14.3. The second-order valence-corrected chi connectivity index (χ2v) is 9.83. The van der Waals surface area contributed by atoms with Crippen molar-refractivity contribution in [2.45, 2.75) is 11.3 Å². The van der Waals surface area contributed by atoms with E-state index < -0.39 is 22.5 Å². The third kappa shape index (κ3) is 3.99. The number of piperazine rings is 1. The number of amides is 1. The van der Waals surface area contributed by atoms with Crippen LogP contribution in [0, 0.1) is 0 Å². The molecule has 1 aromatic heterocycles. The van der Waals surface area contributed by atoms with E-state index in [1.807, 2.05) is 4.90 Å². The van der Waals surface area contributed by atoms with Gasteiger partial charge in [0.05, 0.1) is 10.4 Å². The Morgan fingerprint density at radius 3 is 2.26 bits per heavy atom. The van der Waals surface area contributed by atoms with Crippen LogP contribution in [-0.4, -0.2) is 54.7 Å². The van der Waals surface area contributed by atoms with Crippen LogP contribution in [0.15, 0.2) is 58.0 Å². The number of nitrogens with zero attached hydrogens (tertiary/aromatic N) is 3. The lowest BCUT2D eigenvalue weighted by molar-refractivity contribution is 0.142. The van der Waals surface area contributed by atoms with E-state index in [4.69, 9.17) is 5.11 Å². The Hall–Kier alpha value is -2.66. The van der Waals surface area contributed by atoms with Crippen molar-refractivity contribution in [3.8, 4) is 0 Å². The number of benzene rings is 2. The quantitative estimate of drug-likeness (QED) is 0.559. The molecule has 11 heteroatoms. The summed E-state index contributed by atoms with van der Waals surface area (Å²) in [6.07, 6.45) is -2.88. The molecule has 0 radical (unpaired) electrons. The first-order valence-electron chi connectivity index (χ1n) is 9.35. The molecular formula is C20H18BrF2N3O4S. The van der Waals surface area contributed by atoms with Gasteiger partial charge in [-0.1, -0.05) is 15.9 Å². The molecule has 164 valence electrons. The van der Waals surface area contributed by atoms with Gasteiger partial charge >= 0.3 is 6.09 Å². The molecule has 2 aromatic carbocycles. The summed E-state index contributed by atoms with van der Waals surface area (Å²) < 4.78 is 55.3. The minimum atomic E-state index is -4.07. The van der Waals surface area contributed by atoms with Crippen LogP contribution in [0.2, 0.25) is 0 Å². The zero-order valence-corrected chi connectivity index (χ0v) is 18.5. The standard InChI is InChI=1S/C20H18BrF2N3O4S/c21-13-1-4-15(5-2-13)31(29,30)26-12-17(19(22)23)16-11-14(3-6-18(16)26)24-7-9-25(10-8-24)20(27)28/h1-6,11-12,19H,7-10H2,(H,27,28). The Morgan fingerprint density at radius 2 is 1.68 bits per heavy atom. The molecule has 1 aliphatic rings. The van der Waals surface area contributed by atoms with Crippen molar-refractivity contribution >= 4 is 48.6 Å². The predicted molar refractivity (Wildman–Crippen MR) is 115 cm³/mol. The predicted octanol–water partition coefficient (Wildman–Crippen LogP) is 4.38. The van der Waals surface area contributed by atoms with Crippen LogP contribution < -0.4 is 4.90 Å². The van der Waals surface area contributed by atoms with E-state index in [-0.39, 0.29) is 21.4 Å². The van der Waals surface area contributed by atoms with E-state index in [9.17, 15) is 22.0 Å². The fraction of sp³-hybridized carbons (Fsp3) is 0.250. The Balaban J connectivity index is 1.76. The first-order valence-corrected chi connectivity index (χ1v) is 11.6. The highest BCUT2D eigenvalue weighted by Crippen LogP contribution is 2.35. The SMILES string of the molecule is O=C(O)N1CCN(c2ccc3c(c2)c(C(F)F)cn3S(=O)(=O)c2ccc(Br)cc2)CC1. The van der Waals surface area contributed by atoms with Gasteiger partial charge in [0, 0.05) is 53.5 Å². The molecule has 31 heavy (non-hydrogen) atoms. The van der Waals surface area contributed by atoms with Gasteiger partial charge < -0.3 is 14.9 Å². The highest BCUT2D eigenvalue weighted by molar-refractivity contribution is 9.10. The smallest absolute Gasteiger partial charge is 0.407 e. The summed E-state index contributed by atoms with van der Waals surface area (Å²) >= 11 is 3.25.